The Kier molecular flexibility index (Phi) is 7.80. The van der Waals surface area contributed by atoms with E-state index in [9.17, 15) is 18.0 Å². The maximum Gasteiger partial charge on any atom is 0.490 e. The van der Waals surface area contributed by atoms with Crippen LogP contribution in [-0.2, 0) is 16.0 Å². The van der Waals surface area contributed by atoms with Gasteiger partial charge in [-0.15, -0.1) is 0 Å². The second-order valence-electron chi connectivity index (χ2n) is 8.58. The van der Waals surface area contributed by atoms with Crippen LogP contribution in [0.2, 0.25) is 0 Å². The van der Waals surface area contributed by atoms with Crippen LogP contribution < -0.4 is 0 Å². The molecule has 1 aromatic carbocycles. The van der Waals surface area contributed by atoms with Crippen LogP contribution in [0.5, 0.6) is 0 Å². The fourth-order valence-corrected chi connectivity index (χ4v) is 4.07. The Labute approximate surface area is 210 Å². The molecule has 11 heteroatoms. The maximum atomic E-state index is 12.8. The number of aromatic nitrogens is 4. The van der Waals surface area contributed by atoms with E-state index in [0.717, 1.165) is 47.5 Å². The molecule has 192 valence electrons. The van der Waals surface area contributed by atoms with Crippen molar-refractivity contribution in [3.05, 3.63) is 84.6 Å². The van der Waals surface area contributed by atoms with Gasteiger partial charge in [0.2, 0.25) is 5.91 Å². The zero-order valence-corrected chi connectivity index (χ0v) is 19.7. The number of nitrogens with zero attached hydrogens (tertiary/aromatic N) is 5. The molecule has 1 aliphatic heterocycles. The summed E-state index contributed by atoms with van der Waals surface area (Å²) in [6.45, 7) is 1.48. The lowest BCUT2D eigenvalue weighted by atomic mass is 9.97. The Morgan fingerprint density at radius 2 is 1.78 bits per heavy atom. The number of benzene rings is 1. The highest BCUT2D eigenvalue weighted by Gasteiger charge is 2.38. The SMILES string of the molecule is O=C(Cc1ccccc1)N1CCCC(c2nc3ccc(-c4cccnc4)cn3n2)C1.O=C(O)C(F)(F)F. The van der Waals surface area contributed by atoms with Crippen LogP contribution in [0.1, 0.15) is 30.1 Å². The number of likely N-dealkylation sites (tertiary alicyclic amines) is 1. The van der Waals surface area contributed by atoms with Crippen LogP contribution in [0, 0.1) is 0 Å². The first-order chi connectivity index (χ1) is 17.7. The second-order valence-corrected chi connectivity index (χ2v) is 8.58. The smallest absolute Gasteiger partial charge is 0.475 e. The summed E-state index contributed by atoms with van der Waals surface area (Å²) in [6.07, 6.45) is 2.94. The van der Waals surface area contributed by atoms with Gasteiger partial charge < -0.3 is 10.0 Å². The third-order valence-corrected chi connectivity index (χ3v) is 5.92. The summed E-state index contributed by atoms with van der Waals surface area (Å²) >= 11 is 0. The third kappa shape index (κ3) is 6.69. The van der Waals surface area contributed by atoms with E-state index in [0.29, 0.717) is 13.0 Å². The number of carboxylic acids is 1. The molecule has 1 N–H and O–H groups in total. The van der Waals surface area contributed by atoms with Crippen molar-refractivity contribution in [1.82, 2.24) is 24.5 Å². The van der Waals surface area contributed by atoms with Gasteiger partial charge in [0, 0.05) is 48.7 Å². The average molecular weight is 512 g/mol. The number of pyridine rings is 2. The van der Waals surface area contributed by atoms with E-state index in [2.05, 4.69) is 4.98 Å². The van der Waals surface area contributed by atoms with Gasteiger partial charge in [0.25, 0.3) is 0 Å². The Hall–Kier alpha value is -4.28. The number of carboxylic acid groups (broad SMARTS) is 1. The molecule has 4 heterocycles. The number of amides is 1. The molecule has 0 aliphatic carbocycles. The van der Waals surface area contributed by atoms with Crippen molar-refractivity contribution in [1.29, 1.82) is 0 Å². The van der Waals surface area contributed by atoms with Crippen LogP contribution in [0.3, 0.4) is 0 Å². The lowest BCUT2D eigenvalue weighted by molar-refractivity contribution is -0.192. The Morgan fingerprint density at radius 1 is 1.03 bits per heavy atom. The highest BCUT2D eigenvalue weighted by Crippen LogP contribution is 2.26. The lowest BCUT2D eigenvalue weighted by Crippen LogP contribution is -2.40. The van der Waals surface area contributed by atoms with Gasteiger partial charge in [0.05, 0.1) is 6.42 Å². The predicted molar refractivity (Wildman–Crippen MR) is 129 cm³/mol. The number of fused-ring (bicyclic) bond motifs is 1. The number of alkyl halides is 3. The number of halogens is 3. The summed E-state index contributed by atoms with van der Waals surface area (Å²) in [5.74, 6) is -1.60. The predicted octanol–water partition coefficient (Wildman–Crippen LogP) is 4.37. The van der Waals surface area contributed by atoms with Crippen molar-refractivity contribution in [3.8, 4) is 11.1 Å². The van der Waals surface area contributed by atoms with Crippen LogP contribution in [0.15, 0.2) is 73.2 Å². The molecule has 5 rings (SSSR count). The normalized spacial score (nSPS) is 15.6. The minimum Gasteiger partial charge on any atom is -0.475 e. The number of hydrogen-bond acceptors (Lipinski definition) is 5. The highest BCUT2D eigenvalue weighted by molar-refractivity contribution is 5.79. The Morgan fingerprint density at radius 3 is 2.46 bits per heavy atom. The molecule has 0 saturated carbocycles. The van der Waals surface area contributed by atoms with Gasteiger partial charge in [-0.05, 0) is 36.6 Å². The standard InChI is InChI=1S/C24H23N5O.C2HF3O2/c30-23(14-18-6-2-1-3-7-18)28-13-5-9-21(16-28)24-26-22-11-10-20(17-29(22)27-24)19-8-4-12-25-15-19;3-2(4,5)1(6)7/h1-4,6-8,10-12,15,17,21H,5,9,13-14,16H2;(H,6,7). The first-order valence-electron chi connectivity index (χ1n) is 11.6. The third-order valence-electron chi connectivity index (χ3n) is 5.92. The van der Waals surface area contributed by atoms with Crippen molar-refractivity contribution < 1.29 is 27.9 Å². The molecule has 1 unspecified atom stereocenters. The van der Waals surface area contributed by atoms with Crippen LogP contribution in [0.4, 0.5) is 13.2 Å². The molecule has 1 aliphatic rings. The maximum absolute atomic E-state index is 12.8. The Balaban J connectivity index is 0.000000405. The fourth-order valence-electron chi connectivity index (χ4n) is 4.07. The summed E-state index contributed by atoms with van der Waals surface area (Å²) in [5.41, 5.74) is 3.98. The molecule has 0 spiro atoms. The number of carbonyl (C=O) groups excluding carboxylic acids is 1. The largest absolute Gasteiger partial charge is 0.490 e. The van der Waals surface area contributed by atoms with Crippen molar-refractivity contribution in [2.45, 2.75) is 31.4 Å². The molecule has 0 bridgehead atoms. The van der Waals surface area contributed by atoms with E-state index in [-0.39, 0.29) is 11.8 Å². The van der Waals surface area contributed by atoms with E-state index in [1.165, 1.54) is 0 Å². The average Bonchev–Trinajstić information content (AvgIpc) is 3.33. The van der Waals surface area contributed by atoms with Gasteiger partial charge >= 0.3 is 12.1 Å². The zero-order valence-electron chi connectivity index (χ0n) is 19.7. The minimum absolute atomic E-state index is 0.167. The quantitative estimate of drug-likeness (QED) is 0.437. The van der Waals surface area contributed by atoms with Crippen molar-refractivity contribution in [3.63, 3.8) is 0 Å². The van der Waals surface area contributed by atoms with E-state index >= 15 is 0 Å². The molecular formula is C26H24F3N5O3. The number of carbonyl (C=O) groups is 2. The molecule has 1 amide bonds. The first-order valence-corrected chi connectivity index (χ1v) is 11.6. The summed E-state index contributed by atoms with van der Waals surface area (Å²) in [4.78, 5) is 32.6. The van der Waals surface area contributed by atoms with Gasteiger partial charge in [0.15, 0.2) is 11.5 Å². The molecular weight excluding hydrogens is 487 g/mol. The monoisotopic (exact) mass is 511 g/mol. The number of piperidine rings is 1. The van der Waals surface area contributed by atoms with Crippen molar-refractivity contribution in [2.24, 2.45) is 0 Å². The summed E-state index contributed by atoms with van der Waals surface area (Å²) in [5, 5.41) is 11.9. The van der Waals surface area contributed by atoms with Gasteiger partial charge in [-0.3, -0.25) is 9.78 Å². The topological polar surface area (TPSA) is 101 Å². The van der Waals surface area contributed by atoms with Gasteiger partial charge in [-0.2, -0.15) is 18.3 Å². The summed E-state index contributed by atoms with van der Waals surface area (Å²) in [7, 11) is 0. The second kappa shape index (κ2) is 11.2. The zero-order chi connectivity index (χ0) is 26.4. The van der Waals surface area contributed by atoms with E-state index in [1.54, 1.807) is 6.20 Å². The lowest BCUT2D eigenvalue weighted by Gasteiger charge is -2.31. The molecule has 8 nitrogen and oxygen atoms in total. The first kappa shape index (κ1) is 25.8. The van der Waals surface area contributed by atoms with E-state index in [4.69, 9.17) is 20.0 Å². The van der Waals surface area contributed by atoms with Crippen molar-refractivity contribution in [2.75, 3.05) is 13.1 Å². The minimum atomic E-state index is -5.08. The molecule has 4 aromatic rings. The number of hydrogen-bond donors (Lipinski definition) is 1. The molecule has 37 heavy (non-hydrogen) atoms. The van der Waals surface area contributed by atoms with Crippen LogP contribution in [0.25, 0.3) is 16.8 Å². The van der Waals surface area contributed by atoms with E-state index < -0.39 is 12.1 Å². The number of rotatable bonds is 4. The molecule has 3 aromatic heterocycles. The Bertz CT molecular complexity index is 1360. The van der Waals surface area contributed by atoms with Crippen molar-refractivity contribution >= 4 is 17.5 Å². The van der Waals surface area contributed by atoms with E-state index in [1.807, 2.05) is 76.4 Å². The summed E-state index contributed by atoms with van der Waals surface area (Å²) < 4.78 is 33.6. The van der Waals surface area contributed by atoms with Gasteiger partial charge in [0.1, 0.15) is 0 Å². The molecule has 0 radical (unpaired) electrons. The fraction of sp³-hybridized carbons (Fsp3) is 0.269. The van der Waals surface area contributed by atoms with Gasteiger partial charge in [-0.1, -0.05) is 36.4 Å². The molecule has 1 atom stereocenters. The van der Waals surface area contributed by atoms with Crippen LogP contribution >= 0.6 is 0 Å². The summed E-state index contributed by atoms with van der Waals surface area (Å²) in [6, 6.07) is 17.9. The number of aliphatic carboxylic acids is 1. The van der Waals surface area contributed by atoms with Gasteiger partial charge in [-0.25, -0.2) is 14.3 Å². The molecule has 1 saturated heterocycles. The van der Waals surface area contributed by atoms with Crippen LogP contribution in [-0.4, -0.2) is 60.7 Å². The molecule has 1 fully saturated rings. The highest BCUT2D eigenvalue weighted by atomic mass is 19.4.